The Kier molecular flexibility index (Phi) is 3.56. The minimum Gasteiger partial charge on any atom is -0.395 e. The zero-order valence-corrected chi connectivity index (χ0v) is 11.2. The van der Waals surface area contributed by atoms with Gasteiger partial charge in [-0.1, -0.05) is 0 Å². The molecule has 0 unspecified atom stereocenters. The van der Waals surface area contributed by atoms with E-state index in [1.807, 2.05) is 13.8 Å². The number of anilines is 1. The van der Waals surface area contributed by atoms with Crippen molar-refractivity contribution in [2.45, 2.75) is 38.5 Å². The van der Waals surface area contributed by atoms with Crippen LogP contribution < -0.4 is 20.5 Å². The predicted octanol–water partition coefficient (Wildman–Crippen LogP) is 2.46. The van der Waals surface area contributed by atoms with Crippen molar-refractivity contribution in [3.8, 4) is 11.5 Å². The summed E-state index contributed by atoms with van der Waals surface area (Å²) in [4.78, 5) is 11.7. The van der Waals surface area contributed by atoms with Gasteiger partial charge < -0.3 is 20.5 Å². The highest BCUT2D eigenvalue weighted by Crippen LogP contribution is 2.42. The highest BCUT2D eigenvalue weighted by Gasteiger charge is 2.43. The molecule has 2 rings (SSSR count). The first-order valence-electron chi connectivity index (χ1n) is 6.13. The van der Waals surface area contributed by atoms with E-state index in [1.165, 1.54) is 18.2 Å². The number of rotatable bonds is 4. The molecule has 1 aromatic rings. The SMILES string of the molecule is CC(C)(N)CCC(=O)Nc1ccc2c(c1)OC(F)(F)O2. The van der Waals surface area contributed by atoms with Gasteiger partial charge >= 0.3 is 6.29 Å². The highest BCUT2D eigenvalue weighted by molar-refractivity contribution is 5.91. The summed E-state index contributed by atoms with van der Waals surface area (Å²) in [5, 5.41) is 2.60. The third-order valence-electron chi connectivity index (χ3n) is 2.68. The molecular weight excluding hydrogens is 270 g/mol. The minimum atomic E-state index is -3.66. The van der Waals surface area contributed by atoms with Gasteiger partial charge in [-0.3, -0.25) is 4.79 Å². The average Bonchev–Trinajstić information content (AvgIpc) is 2.59. The highest BCUT2D eigenvalue weighted by atomic mass is 19.3. The van der Waals surface area contributed by atoms with E-state index < -0.39 is 11.8 Å². The monoisotopic (exact) mass is 286 g/mol. The molecule has 1 heterocycles. The number of carbonyl (C=O) groups is 1. The van der Waals surface area contributed by atoms with Crippen LogP contribution in [0.1, 0.15) is 26.7 Å². The standard InChI is InChI=1S/C13H16F2N2O3/c1-12(2,16)6-5-11(18)17-8-3-4-9-10(7-8)20-13(14,15)19-9/h3-4,7H,5-6,16H2,1-2H3,(H,17,18). The van der Waals surface area contributed by atoms with E-state index in [4.69, 9.17) is 5.73 Å². The normalized spacial score (nSPS) is 16.1. The second kappa shape index (κ2) is 4.90. The van der Waals surface area contributed by atoms with E-state index in [9.17, 15) is 13.6 Å². The molecule has 7 heteroatoms. The fourth-order valence-corrected chi connectivity index (χ4v) is 1.69. The molecule has 0 aromatic heterocycles. The van der Waals surface area contributed by atoms with Crippen molar-refractivity contribution in [2.24, 2.45) is 5.73 Å². The van der Waals surface area contributed by atoms with Crippen LogP contribution in [0.4, 0.5) is 14.5 Å². The van der Waals surface area contributed by atoms with Crippen molar-refractivity contribution in [1.82, 2.24) is 0 Å². The van der Waals surface area contributed by atoms with Gasteiger partial charge in [0.1, 0.15) is 0 Å². The predicted molar refractivity (Wildman–Crippen MR) is 68.8 cm³/mol. The van der Waals surface area contributed by atoms with Gasteiger partial charge in [-0.05, 0) is 32.4 Å². The molecule has 0 atom stereocenters. The molecule has 1 aliphatic rings. The number of alkyl halides is 2. The number of hydrogen-bond donors (Lipinski definition) is 2. The largest absolute Gasteiger partial charge is 0.586 e. The third-order valence-corrected chi connectivity index (χ3v) is 2.68. The first-order valence-corrected chi connectivity index (χ1v) is 6.13. The van der Waals surface area contributed by atoms with Gasteiger partial charge in [0.15, 0.2) is 11.5 Å². The molecule has 1 amide bonds. The lowest BCUT2D eigenvalue weighted by Gasteiger charge is -2.17. The summed E-state index contributed by atoms with van der Waals surface area (Å²) in [6.45, 7) is 3.64. The Bertz CT molecular complexity index is 527. The molecular formula is C13H16F2N2O3. The maximum Gasteiger partial charge on any atom is 0.586 e. The summed E-state index contributed by atoms with van der Waals surface area (Å²) < 4.78 is 34.2. The number of amides is 1. The van der Waals surface area contributed by atoms with Crippen LogP contribution in [0.25, 0.3) is 0 Å². The average molecular weight is 286 g/mol. The van der Waals surface area contributed by atoms with Crippen molar-refractivity contribution < 1.29 is 23.0 Å². The molecule has 0 aliphatic carbocycles. The lowest BCUT2D eigenvalue weighted by molar-refractivity contribution is -0.286. The molecule has 0 spiro atoms. The first-order chi connectivity index (χ1) is 9.15. The third kappa shape index (κ3) is 3.80. The lowest BCUT2D eigenvalue weighted by atomic mass is 10.00. The molecule has 0 fully saturated rings. The Morgan fingerprint density at radius 2 is 2.00 bits per heavy atom. The van der Waals surface area contributed by atoms with Crippen LogP contribution in [-0.2, 0) is 4.79 Å². The van der Waals surface area contributed by atoms with Crippen molar-refractivity contribution in [2.75, 3.05) is 5.32 Å². The molecule has 5 nitrogen and oxygen atoms in total. The number of carbonyl (C=O) groups excluding carboxylic acids is 1. The second-order valence-electron chi connectivity index (χ2n) is 5.37. The van der Waals surface area contributed by atoms with Crippen molar-refractivity contribution >= 4 is 11.6 Å². The maximum absolute atomic E-state index is 12.8. The van der Waals surface area contributed by atoms with E-state index in [0.717, 1.165) is 0 Å². The van der Waals surface area contributed by atoms with Gasteiger partial charge in [-0.15, -0.1) is 8.78 Å². The molecule has 0 saturated heterocycles. The van der Waals surface area contributed by atoms with E-state index in [0.29, 0.717) is 12.1 Å². The molecule has 0 radical (unpaired) electrons. The van der Waals surface area contributed by atoms with Crippen LogP contribution in [0, 0.1) is 0 Å². The Morgan fingerprint density at radius 1 is 1.35 bits per heavy atom. The summed E-state index contributed by atoms with van der Waals surface area (Å²) in [5.74, 6) is -0.405. The Balaban J connectivity index is 1.97. The number of hydrogen-bond acceptors (Lipinski definition) is 4. The van der Waals surface area contributed by atoms with Crippen LogP contribution in [0.15, 0.2) is 18.2 Å². The molecule has 20 heavy (non-hydrogen) atoms. The lowest BCUT2D eigenvalue weighted by Crippen LogP contribution is -2.33. The molecule has 110 valence electrons. The number of benzene rings is 1. The molecule has 0 bridgehead atoms. The number of ether oxygens (including phenoxy) is 2. The van der Waals surface area contributed by atoms with Crippen molar-refractivity contribution in [3.05, 3.63) is 18.2 Å². The molecule has 1 aliphatic heterocycles. The van der Waals surface area contributed by atoms with Crippen molar-refractivity contribution in [1.29, 1.82) is 0 Å². The van der Waals surface area contributed by atoms with Gasteiger partial charge in [0.25, 0.3) is 0 Å². The van der Waals surface area contributed by atoms with E-state index >= 15 is 0 Å². The van der Waals surface area contributed by atoms with Crippen LogP contribution in [0.5, 0.6) is 11.5 Å². The molecule has 0 saturated carbocycles. The quantitative estimate of drug-likeness (QED) is 0.891. The smallest absolute Gasteiger partial charge is 0.395 e. The number of nitrogens with two attached hydrogens (primary N) is 1. The zero-order chi connectivity index (χ0) is 15.0. The number of fused-ring (bicyclic) bond motifs is 1. The molecule has 3 N–H and O–H groups in total. The van der Waals surface area contributed by atoms with Crippen LogP contribution in [-0.4, -0.2) is 17.7 Å². The Hall–Kier alpha value is -1.89. The summed E-state index contributed by atoms with van der Waals surface area (Å²) in [6, 6.07) is 4.08. The van der Waals surface area contributed by atoms with E-state index in [1.54, 1.807) is 0 Å². The van der Waals surface area contributed by atoms with Gasteiger partial charge in [-0.2, -0.15) is 0 Å². The van der Waals surface area contributed by atoms with Crippen molar-refractivity contribution in [3.63, 3.8) is 0 Å². The van der Waals surface area contributed by atoms with E-state index in [2.05, 4.69) is 14.8 Å². The van der Waals surface area contributed by atoms with Crippen LogP contribution >= 0.6 is 0 Å². The number of halogens is 2. The van der Waals surface area contributed by atoms with Crippen LogP contribution in [0.2, 0.25) is 0 Å². The summed E-state index contributed by atoms with van der Waals surface area (Å²) >= 11 is 0. The fourth-order valence-electron chi connectivity index (χ4n) is 1.69. The number of nitrogens with one attached hydrogen (secondary N) is 1. The van der Waals surface area contributed by atoms with Gasteiger partial charge in [0, 0.05) is 23.7 Å². The summed E-state index contributed by atoms with van der Waals surface area (Å²) in [7, 11) is 0. The van der Waals surface area contributed by atoms with E-state index in [-0.39, 0.29) is 23.8 Å². The Labute approximate surface area is 115 Å². The van der Waals surface area contributed by atoms with Gasteiger partial charge in [0.2, 0.25) is 5.91 Å². The maximum atomic E-state index is 12.8. The summed E-state index contributed by atoms with van der Waals surface area (Å²) in [6.07, 6.45) is -2.90. The first kappa shape index (κ1) is 14.5. The molecule has 1 aromatic carbocycles. The fraction of sp³-hybridized carbons (Fsp3) is 0.462. The topological polar surface area (TPSA) is 73.6 Å². The minimum absolute atomic E-state index is 0.0592. The zero-order valence-electron chi connectivity index (χ0n) is 11.2. The van der Waals surface area contributed by atoms with Gasteiger partial charge in [-0.25, -0.2) is 0 Å². The second-order valence-corrected chi connectivity index (χ2v) is 5.37. The Morgan fingerprint density at radius 3 is 2.65 bits per heavy atom. The van der Waals surface area contributed by atoms with Gasteiger partial charge in [0.05, 0.1) is 0 Å². The summed E-state index contributed by atoms with van der Waals surface area (Å²) in [5.41, 5.74) is 5.71. The van der Waals surface area contributed by atoms with Crippen LogP contribution in [0.3, 0.4) is 0 Å².